The van der Waals surface area contributed by atoms with Gasteiger partial charge in [0.2, 0.25) is 5.16 Å². The fourth-order valence-electron chi connectivity index (χ4n) is 2.35. The molecule has 1 aromatic carbocycles. The molecule has 1 aliphatic heterocycles. The molecule has 1 atom stereocenters. The van der Waals surface area contributed by atoms with Gasteiger partial charge in [-0.3, -0.25) is 4.79 Å². The standard InChI is InChI=1S/C15H18N4O2S/c1-11-4-6-12(7-5-11)14(20)10-22-15-16-17-18-19(15)9-13-3-2-8-21-13/h4-7,13H,2-3,8-10H2,1H3. The lowest BCUT2D eigenvalue weighted by atomic mass is 10.1. The van der Waals surface area contributed by atoms with Gasteiger partial charge in [0.15, 0.2) is 5.78 Å². The van der Waals surface area contributed by atoms with Gasteiger partial charge in [-0.15, -0.1) is 5.10 Å². The van der Waals surface area contributed by atoms with Gasteiger partial charge in [-0.1, -0.05) is 41.6 Å². The van der Waals surface area contributed by atoms with Crippen LogP contribution in [-0.4, -0.2) is 44.5 Å². The number of Topliss-reactive ketones (excluding diaryl/α,β-unsaturated/α-hetero) is 1. The smallest absolute Gasteiger partial charge is 0.209 e. The lowest BCUT2D eigenvalue weighted by molar-refractivity contribution is 0.0912. The van der Waals surface area contributed by atoms with Gasteiger partial charge in [-0.05, 0) is 30.2 Å². The van der Waals surface area contributed by atoms with Gasteiger partial charge in [0.25, 0.3) is 0 Å². The Bertz CT molecular complexity index is 635. The normalized spacial score (nSPS) is 17.8. The molecule has 22 heavy (non-hydrogen) atoms. The van der Waals surface area contributed by atoms with Crippen molar-refractivity contribution < 1.29 is 9.53 Å². The summed E-state index contributed by atoms with van der Waals surface area (Å²) in [7, 11) is 0. The molecule has 6 nitrogen and oxygen atoms in total. The van der Waals surface area contributed by atoms with E-state index in [2.05, 4.69) is 15.5 Å². The highest BCUT2D eigenvalue weighted by atomic mass is 32.2. The number of ketones is 1. The van der Waals surface area contributed by atoms with Crippen LogP contribution in [-0.2, 0) is 11.3 Å². The van der Waals surface area contributed by atoms with Crippen molar-refractivity contribution in [1.82, 2.24) is 20.2 Å². The highest BCUT2D eigenvalue weighted by Crippen LogP contribution is 2.19. The van der Waals surface area contributed by atoms with E-state index in [1.54, 1.807) is 4.68 Å². The first-order valence-electron chi connectivity index (χ1n) is 7.33. The summed E-state index contributed by atoms with van der Waals surface area (Å²) in [6.07, 6.45) is 2.30. The molecule has 0 spiro atoms. The maximum atomic E-state index is 12.2. The SMILES string of the molecule is Cc1ccc(C(=O)CSc2nnnn2CC2CCCO2)cc1. The van der Waals surface area contributed by atoms with E-state index in [4.69, 9.17) is 4.74 Å². The van der Waals surface area contributed by atoms with E-state index in [1.165, 1.54) is 11.8 Å². The molecule has 3 rings (SSSR count). The Kier molecular flexibility index (Phi) is 4.84. The van der Waals surface area contributed by atoms with Gasteiger partial charge in [-0.25, -0.2) is 4.68 Å². The number of aryl methyl sites for hydroxylation is 1. The second kappa shape index (κ2) is 7.02. The first kappa shape index (κ1) is 15.2. The molecule has 2 heterocycles. The van der Waals surface area contributed by atoms with Crippen LogP contribution in [0.4, 0.5) is 0 Å². The number of thioether (sulfide) groups is 1. The molecule has 1 aliphatic rings. The van der Waals surface area contributed by atoms with Crippen LogP contribution in [0, 0.1) is 6.92 Å². The molecule has 2 aromatic rings. The van der Waals surface area contributed by atoms with E-state index in [-0.39, 0.29) is 11.9 Å². The van der Waals surface area contributed by atoms with Crippen molar-refractivity contribution in [3.8, 4) is 0 Å². The molecule has 0 saturated carbocycles. The van der Waals surface area contributed by atoms with Gasteiger partial charge in [-0.2, -0.15) is 0 Å². The summed E-state index contributed by atoms with van der Waals surface area (Å²) < 4.78 is 7.32. The van der Waals surface area contributed by atoms with E-state index >= 15 is 0 Å². The van der Waals surface area contributed by atoms with Crippen molar-refractivity contribution in [2.75, 3.05) is 12.4 Å². The molecule has 0 radical (unpaired) electrons. The molecular formula is C15H18N4O2S. The minimum Gasteiger partial charge on any atom is -0.376 e. The molecule has 0 amide bonds. The van der Waals surface area contributed by atoms with Crippen LogP contribution in [0.3, 0.4) is 0 Å². The Hall–Kier alpha value is -1.73. The zero-order chi connectivity index (χ0) is 15.4. The molecular weight excluding hydrogens is 300 g/mol. The van der Waals surface area contributed by atoms with Crippen LogP contribution in [0.1, 0.15) is 28.8 Å². The van der Waals surface area contributed by atoms with Gasteiger partial charge >= 0.3 is 0 Å². The maximum absolute atomic E-state index is 12.2. The van der Waals surface area contributed by atoms with Crippen molar-refractivity contribution in [1.29, 1.82) is 0 Å². The molecule has 1 fully saturated rings. The van der Waals surface area contributed by atoms with Crippen LogP contribution < -0.4 is 0 Å². The second-order valence-electron chi connectivity index (χ2n) is 5.36. The Morgan fingerprint density at radius 2 is 2.23 bits per heavy atom. The molecule has 116 valence electrons. The molecule has 1 saturated heterocycles. The summed E-state index contributed by atoms with van der Waals surface area (Å²) in [4.78, 5) is 12.2. The number of ether oxygens (including phenoxy) is 1. The number of carbonyl (C=O) groups is 1. The lowest BCUT2D eigenvalue weighted by Gasteiger charge is -2.09. The van der Waals surface area contributed by atoms with Crippen molar-refractivity contribution in [3.05, 3.63) is 35.4 Å². The summed E-state index contributed by atoms with van der Waals surface area (Å²) in [5.74, 6) is 0.409. The van der Waals surface area contributed by atoms with Crippen molar-refractivity contribution in [3.63, 3.8) is 0 Å². The third-order valence-corrected chi connectivity index (χ3v) is 4.56. The van der Waals surface area contributed by atoms with E-state index < -0.39 is 0 Å². The summed E-state index contributed by atoms with van der Waals surface area (Å²) in [5, 5.41) is 12.3. The van der Waals surface area contributed by atoms with Gasteiger partial charge in [0.05, 0.1) is 18.4 Å². The molecule has 0 N–H and O–H groups in total. The fourth-order valence-corrected chi connectivity index (χ4v) is 3.13. The van der Waals surface area contributed by atoms with Gasteiger partial charge in [0.1, 0.15) is 0 Å². The monoisotopic (exact) mass is 318 g/mol. The number of hydrogen-bond donors (Lipinski definition) is 0. The molecule has 0 aliphatic carbocycles. The predicted molar refractivity (Wildman–Crippen MR) is 83.0 cm³/mol. The van der Waals surface area contributed by atoms with Gasteiger partial charge in [0, 0.05) is 12.2 Å². The minimum atomic E-state index is 0.0802. The topological polar surface area (TPSA) is 69.9 Å². The molecule has 1 aromatic heterocycles. The highest BCUT2D eigenvalue weighted by molar-refractivity contribution is 7.99. The number of hydrogen-bond acceptors (Lipinski definition) is 6. The number of nitrogens with zero attached hydrogens (tertiary/aromatic N) is 4. The number of carbonyl (C=O) groups excluding carboxylic acids is 1. The number of aromatic nitrogens is 4. The fraction of sp³-hybridized carbons (Fsp3) is 0.467. The summed E-state index contributed by atoms with van der Waals surface area (Å²) in [6.45, 7) is 3.46. The Balaban J connectivity index is 1.58. The van der Waals surface area contributed by atoms with Crippen LogP contribution in [0.2, 0.25) is 0 Å². The van der Waals surface area contributed by atoms with Crippen LogP contribution >= 0.6 is 11.8 Å². The summed E-state index contributed by atoms with van der Waals surface area (Å²) >= 11 is 1.37. The van der Waals surface area contributed by atoms with E-state index in [0.29, 0.717) is 17.5 Å². The van der Waals surface area contributed by atoms with Crippen molar-refractivity contribution in [2.24, 2.45) is 0 Å². The first-order chi connectivity index (χ1) is 10.7. The largest absolute Gasteiger partial charge is 0.376 e. The summed E-state index contributed by atoms with van der Waals surface area (Å²) in [5.41, 5.74) is 1.86. The van der Waals surface area contributed by atoms with Crippen LogP contribution in [0.25, 0.3) is 0 Å². The highest BCUT2D eigenvalue weighted by Gasteiger charge is 2.19. The average Bonchev–Trinajstić information content (AvgIpc) is 3.18. The third-order valence-electron chi connectivity index (χ3n) is 3.61. The third kappa shape index (κ3) is 3.72. The van der Waals surface area contributed by atoms with Crippen molar-refractivity contribution >= 4 is 17.5 Å². The van der Waals surface area contributed by atoms with Crippen LogP contribution in [0.5, 0.6) is 0 Å². The zero-order valence-corrected chi connectivity index (χ0v) is 13.3. The first-order valence-corrected chi connectivity index (χ1v) is 8.31. The zero-order valence-electron chi connectivity index (χ0n) is 12.4. The van der Waals surface area contributed by atoms with Crippen LogP contribution in [0.15, 0.2) is 29.4 Å². The average molecular weight is 318 g/mol. The quantitative estimate of drug-likeness (QED) is 0.600. The van der Waals surface area contributed by atoms with E-state index in [0.717, 1.165) is 30.6 Å². The molecule has 1 unspecified atom stereocenters. The number of benzene rings is 1. The van der Waals surface area contributed by atoms with E-state index in [9.17, 15) is 4.79 Å². The molecule has 7 heteroatoms. The Labute approximate surface area is 133 Å². The minimum absolute atomic E-state index is 0.0802. The predicted octanol–water partition coefficient (Wildman–Crippen LogP) is 2.14. The van der Waals surface area contributed by atoms with Gasteiger partial charge < -0.3 is 4.74 Å². The second-order valence-corrected chi connectivity index (χ2v) is 6.30. The Morgan fingerprint density at radius 1 is 1.41 bits per heavy atom. The molecule has 0 bridgehead atoms. The summed E-state index contributed by atoms with van der Waals surface area (Å²) in [6, 6.07) is 7.60. The number of rotatable bonds is 6. The lowest BCUT2D eigenvalue weighted by Crippen LogP contribution is -2.17. The Morgan fingerprint density at radius 3 is 2.95 bits per heavy atom. The van der Waals surface area contributed by atoms with E-state index in [1.807, 2.05) is 31.2 Å². The van der Waals surface area contributed by atoms with Crippen molar-refractivity contribution in [2.45, 2.75) is 37.6 Å². The number of tetrazole rings is 1. The maximum Gasteiger partial charge on any atom is 0.209 e.